The largest absolute Gasteiger partial charge is 0.496 e. The lowest BCUT2D eigenvalue weighted by Gasteiger charge is -2.39. The van der Waals surface area contributed by atoms with Gasteiger partial charge >= 0.3 is 0 Å². The average Bonchev–Trinajstić information content (AvgIpc) is 2.94. The van der Waals surface area contributed by atoms with Crippen molar-refractivity contribution in [1.82, 2.24) is 15.5 Å². The van der Waals surface area contributed by atoms with Crippen LogP contribution in [0.3, 0.4) is 0 Å². The molecule has 2 amide bonds. The van der Waals surface area contributed by atoms with Gasteiger partial charge in [0.1, 0.15) is 5.75 Å². The molecule has 1 fully saturated rings. The minimum absolute atomic E-state index is 0.0215. The lowest BCUT2D eigenvalue weighted by Crippen LogP contribution is -2.51. The second-order valence-electron chi connectivity index (χ2n) is 9.71. The monoisotopic (exact) mass is 510 g/mol. The standard InChI is InChI=1S/C31H34N4O3/c1-21-15-23(17-32)9-11-27(21)25-10-12-30(38-3)26(16-25)18-34-29-13-14-35(31(37)19-33-22(2)36)20-28(29)24-7-5-4-6-8-24/h4-12,15-16,28-29,34H,13-14,18-20H2,1-3H3,(H,33,36)/t28-,29-/m0/s1. The van der Waals surface area contributed by atoms with Crippen molar-refractivity contribution < 1.29 is 14.3 Å². The van der Waals surface area contributed by atoms with Crippen molar-refractivity contribution in [3.8, 4) is 22.9 Å². The topological polar surface area (TPSA) is 94.5 Å². The Labute approximate surface area is 224 Å². The van der Waals surface area contributed by atoms with E-state index < -0.39 is 0 Å². The van der Waals surface area contributed by atoms with E-state index in [4.69, 9.17) is 4.74 Å². The van der Waals surface area contributed by atoms with Gasteiger partial charge in [-0.15, -0.1) is 0 Å². The molecule has 3 aromatic rings. The van der Waals surface area contributed by atoms with Crippen molar-refractivity contribution >= 4 is 11.8 Å². The highest BCUT2D eigenvalue weighted by Gasteiger charge is 2.32. The molecule has 0 bridgehead atoms. The third-order valence-corrected chi connectivity index (χ3v) is 7.18. The van der Waals surface area contributed by atoms with E-state index in [2.05, 4.69) is 34.9 Å². The third-order valence-electron chi connectivity index (χ3n) is 7.18. The Hall–Kier alpha value is -4.15. The summed E-state index contributed by atoms with van der Waals surface area (Å²) in [6.45, 7) is 5.28. The van der Waals surface area contributed by atoms with Crippen LogP contribution in [0, 0.1) is 18.3 Å². The van der Waals surface area contributed by atoms with Crippen LogP contribution < -0.4 is 15.4 Å². The van der Waals surface area contributed by atoms with Crippen LogP contribution in [0.4, 0.5) is 0 Å². The summed E-state index contributed by atoms with van der Waals surface area (Å²) in [6.07, 6.45) is 0.794. The van der Waals surface area contributed by atoms with Gasteiger partial charge in [-0.3, -0.25) is 9.59 Å². The molecule has 7 nitrogen and oxygen atoms in total. The Bertz CT molecular complexity index is 1330. The van der Waals surface area contributed by atoms with E-state index in [-0.39, 0.29) is 30.3 Å². The highest BCUT2D eigenvalue weighted by Crippen LogP contribution is 2.31. The van der Waals surface area contributed by atoms with Crippen LogP contribution in [-0.2, 0) is 16.1 Å². The molecule has 0 radical (unpaired) electrons. The Morgan fingerprint density at radius 2 is 1.89 bits per heavy atom. The van der Waals surface area contributed by atoms with Crippen molar-refractivity contribution in [2.24, 2.45) is 0 Å². The zero-order valence-corrected chi connectivity index (χ0v) is 22.2. The fourth-order valence-corrected chi connectivity index (χ4v) is 5.16. The summed E-state index contributed by atoms with van der Waals surface area (Å²) in [5.74, 6) is 0.654. The number of nitriles is 1. The molecule has 4 rings (SSSR count). The first-order valence-electron chi connectivity index (χ1n) is 12.9. The summed E-state index contributed by atoms with van der Waals surface area (Å²) in [7, 11) is 1.68. The summed E-state index contributed by atoms with van der Waals surface area (Å²) >= 11 is 0. The van der Waals surface area contributed by atoms with Crippen LogP contribution in [0.25, 0.3) is 11.1 Å². The van der Waals surface area contributed by atoms with Crippen molar-refractivity contribution in [3.63, 3.8) is 0 Å². The molecule has 0 aromatic heterocycles. The number of carbonyl (C=O) groups excluding carboxylic acids is 2. The molecule has 3 aromatic carbocycles. The predicted octanol–water partition coefficient (Wildman–Crippen LogP) is 4.15. The number of likely N-dealkylation sites (tertiary alicyclic amines) is 1. The van der Waals surface area contributed by atoms with Crippen LogP contribution in [0.2, 0.25) is 0 Å². The normalized spacial score (nSPS) is 16.9. The van der Waals surface area contributed by atoms with Gasteiger partial charge in [0, 0.05) is 44.1 Å². The molecule has 2 N–H and O–H groups in total. The quantitative estimate of drug-likeness (QED) is 0.475. The number of rotatable bonds is 8. The number of ether oxygens (including phenoxy) is 1. The minimum Gasteiger partial charge on any atom is -0.496 e. The molecule has 0 unspecified atom stereocenters. The summed E-state index contributed by atoms with van der Waals surface area (Å²) < 4.78 is 5.68. The van der Waals surface area contributed by atoms with E-state index >= 15 is 0 Å². The predicted molar refractivity (Wildman–Crippen MR) is 148 cm³/mol. The first kappa shape index (κ1) is 26.9. The first-order chi connectivity index (χ1) is 18.4. The van der Waals surface area contributed by atoms with E-state index in [0.29, 0.717) is 25.2 Å². The van der Waals surface area contributed by atoms with Crippen molar-refractivity contribution in [3.05, 3.63) is 89.0 Å². The second-order valence-corrected chi connectivity index (χ2v) is 9.71. The summed E-state index contributed by atoms with van der Waals surface area (Å²) in [5.41, 5.74) is 6.08. The number of methoxy groups -OCH3 is 1. The highest BCUT2D eigenvalue weighted by molar-refractivity contribution is 5.83. The zero-order chi connectivity index (χ0) is 27.1. The molecule has 196 valence electrons. The lowest BCUT2D eigenvalue weighted by molar-refractivity contribution is -0.133. The molecule has 0 saturated carbocycles. The molecule has 7 heteroatoms. The van der Waals surface area contributed by atoms with Crippen LogP contribution in [-0.4, -0.2) is 49.5 Å². The van der Waals surface area contributed by atoms with Crippen LogP contribution in [0.5, 0.6) is 5.75 Å². The molecule has 0 aliphatic carbocycles. The second kappa shape index (κ2) is 12.4. The smallest absolute Gasteiger partial charge is 0.241 e. The average molecular weight is 511 g/mol. The van der Waals surface area contributed by atoms with Crippen LogP contribution in [0.1, 0.15) is 41.5 Å². The number of piperidine rings is 1. The maximum absolute atomic E-state index is 12.7. The van der Waals surface area contributed by atoms with Crippen LogP contribution >= 0.6 is 0 Å². The number of nitrogens with one attached hydrogen (secondary N) is 2. The third kappa shape index (κ3) is 6.39. The fraction of sp³-hybridized carbons (Fsp3) is 0.323. The Morgan fingerprint density at radius 1 is 1.11 bits per heavy atom. The molecule has 1 aliphatic heterocycles. The number of nitrogens with zero attached hydrogens (tertiary/aromatic N) is 2. The fourth-order valence-electron chi connectivity index (χ4n) is 5.16. The van der Waals surface area contributed by atoms with E-state index in [1.807, 2.05) is 60.4 Å². The first-order valence-corrected chi connectivity index (χ1v) is 12.9. The molecule has 1 aliphatic rings. The minimum atomic E-state index is -0.207. The van der Waals surface area contributed by atoms with Gasteiger partial charge in [0.15, 0.2) is 0 Å². The van der Waals surface area contributed by atoms with Gasteiger partial charge in [-0.25, -0.2) is 0 Å². The summed E-state index contributed by atoms with van der Waals surface area (Å²) in [6, 6.07) is 24.5. The van der Waals surface area contributed by atoms with E-state index in [9.17, 15) is 14.9 Å². The van der Waals surface area contributed by atoms with Gasteiger partial charge in [0.2, 0.25) is 11.8 Å². The lowest BCUT2D eigenvalue weighted by atomic mass is 9.85. The van der Waals surface area contributed by atoms with Gasteiger partial charge in [-0.05, 0) is 59.9 Å². The highest BCUT2D eigenvalue weighted by atomic mass is 16.5. The van der Waals surface area contributed by atoms with Crippen molar-refractivity contribution in [2.45, 2.75) is 38.8 Å². The van der Waals surface area contributed by atoms with Crippen LogP contribution in [0.15, 0.2) is 66.7 Å². The Morgan fingerprint density at radius 3 is 2.58 bits per heavy atom. The van der Waals surface area contributed by atoms with E-state index in [0.717, 1.165) is 34.4 Å². The Balaban J connectivity index is 1.53. The van der Waals surface area contributed by atoms with Gasteiger partial charge < -0.3 is 20.3 Å². The van der Waals surface area contributed by atoms with Gasteiger partial charge in [-0.1, -0.05) is 42.5 Å². The summed E-state index contributed by atoms with van der Waals surface area (Å²) in [5, 5.41) is 15.6. The zero-order valence-electron chi connectivity index (χ0n) is 22.2. The van der Waals surface area contributed by atoms with Gasteiger partial charge in [0.05, 0.1) is 25.3 Å². The van der Waals surface area contributed by atoms with E-state index in [1.54, 1.807) is 7.11 Å². The van der Waals surface area contributed by atoms with Gasteiger partial charge in [-0.2, -0.15) is 5.26 Å². The molecular formula is C31H34N4O3. The van der Waals surface area contributed by atoms with Crippen molar-refractivity contribution in [2.75, 3.05) is 26.7 Å². The van der Waals surface area contributed by atoms with E-state index in [1.165, 1.54) is 12.5 Å². The summed E-state index contributed by atoms with van der Waals surface area (Å²) in [4.78, 5) is 25.9. The Kier molecular flexibility index (Phi) is 8.77. The molecule has 38 heavy (non-hydrogen) atoms. The number of carbonyl (C=O) groups is 2. The molecule has 2 atom stereocenters. The maximum atomic E-state index is 12.7. The molecule has 0 spiro atoms. The van der Waals surface area contributed by atoms with Crippen molar-refractivity contribution in [1.29, 1.82) is 5.26 Å². The number of benzene rings is 3. The number of aryl methyl sites for hydroxylation is 1. The number of hydrogen-bond donors (Lipinski definition) is 2. The molecule has 1 heterocycles. The SMILES string of the molecule is COc1ccc(-c2ccc(C#N)cc2C)cc1CN[C@H]1CCN(C(=O)CNC(C)=O)C[C@H]1c1ccccc1. The maximum Gasteiger partial charge on any atom is 0.241 e. The number of amides is 2. The number of hydrogen-bond acceptors (Lipinski definition) is 5. The van der Waals surface area contributed by atoms with Gasteiger partial charge in [0.25, 0.3) is 0 Å². The molecular weight excluding hydrogens is 476 g/mol. The molecule has 1 saturated heterocycles.